The summed E-state index contributed by atoms with van der Waals surface area (Å²) in [5.74, 6) is -2.11. The molecule has 1 amide bonds. The fraction of sp³-hybridized carbons (Fsp3) is 0.316. The fourth-order valence-electron chi connectivity index (χ4n) is 3.54. The third kappa shape index (κ3) is 3.47. The van der Waals surface area contributed by atoms with Crippen molar-refractivity contribution in [1.29, 1.82) is 0 Å². The summed E-state index contributed by atoms with van der Waals surface area (Å²) in [6, 6.07) is 7.08. The van der Waals surface area contributed by atoms with Gasteiger partial charge in [0, 0.05) is 30.6 Å². The van der Waals surface area contributed by atoms with Crippen LogP contribution in [0.5, 0.6) is 0 Å². The minimum atomic E-state index is -4.21. The van der Waals surface area contributed by atoms with Crippen molar-refractivity contribution in [1.82, 2.24) is 0 Å². The number of ether oxygens (including phenoxy) is 1. The van der Waals surface area contributed by atoms with E-state index in [9.17, 15) is 22.0 Å². The zero-order chi connectivity index (χ0) is 19.9. The van der Waals surface area contributed by atoms with Gasteiger partial charge in [0.25, 0.3) is 15.9 Å². The summed E-state index contributed by atoms with van der Waals surface area (Å²) >= 11 is 0. The maximum Gasteiger partial charge on any atom is 0.264 e. The van der Waals surface area contributed by atoms with Crippen LogP contribution in [0.4, 0.5) is 20.2 Å². The van der Waals surface area contributed by atoms with E-state index in [4.69, 9.17) is 4.74 Å². The lowest BCUT2D eigenvalue weighted by atomic mass is 10.1. The average Bonchev–Trinajstić information content (AvgIpc) is 3.30. The second kappa shape index (κ2) is 7.14. The minimum absolute atomic E-state index is 0.0852. The second-order valence-electron chi connectivity index (χ2n) is 6.77. The molecule has 1 atom stereocenters. The Hall–Kier alpha value is -2.52. The maximum absolute atomic E-state index is 13.8. The van der Waals surface area contributed by atoms with Crippen molar-refractivity contribution < 1.29 is 26.7 Å². The lowest BCUT2D eigenvalue weighted by molar-refractivity contribution is -0.127. The van der Waals surface area contributed by atoms with Gasteiger partial charge in [0.1, 0.15) is 22.6 Å². The molecule has 1 saturated heterocycles. The van der Waals surface area contributed by atoms with Gasteiger partial charge in [-0.3, -0.25) is 9.52 Å². The molecule has 0 spiro atoms. The largest absolute Gasteiger partial charge is 0.368 e. The summed E-state index contributed by atoms with van der Waals surface area (Å²) in [7, 11) is -4.21. The van der Waals surface area contributed by atoms with E-state index in [0.717, 1.165) is 29.8 Å². The molecular formula is C19H18F2N2O4S. The van der Waals surface area contributed by atoms with Crippen molar-refractivity contribution in [3.8, 4) is 0 Å². The van der Waals surface area contributed by atoms with Crippen molar-refractivity contribution in [2.45, 2.75) is 30.3 Å². The van der Waals surface area contributed by atoms with Crippen LogP contribution in [0.1, 0.15) is 18.4 Å². The van der Waals surface area contributed by atoms with E-state index in [1.165, 1.54) is 6.07 Å². The SMILES string of the molecule is O=C(C1CCCO1)N1CCc2cc(NS(=O)(=O)c3ccc(F)cc3F)ccc21. The Bertz CT molecular complexity index is 1040. The molecule has 0 saturated carbocycles. The molecule has 0 bridgehead atoms. The molecule has 2 aromatic rings. The Kier molecular flexibility index (Phi) is 4.80. The number of carbonyl (C=O) groups excluding carboxylic acids is 1. The number of hydrogen-bond acceptors (Lipinski definition) is 4. The van der Waals surface area contributed by atoms with E-state index in [0.29, 0.717) is 32.1 Å². The number of nitrogens with zero attached hydrogens (tertiary/aromatic N) is 1. The molecule has 28 heavy (non-hydrogen) atoms. The van der Waals surface area contributed by atoms with Crippen molar-refractivity contribution in [2.24, 2.45) is 0 Å². The molecule has 1 unspecified atom stereocenters. The number of nitrogens with one attached hydrogen (secondary N) is 1. The molecule has 6 nitrogen and oxygen atoms in total. The smallest absolute Gasteiger partial charge is 0.264 e. The molecule has 1 fully saturated rings. The number of rotatable bonds is 4. The van der Waals surface area contributed by atoms with Gasteiger partial charge in [-0.15, -0.1) is 0 Å². The van der Waals surface area contributed by atoms with Gasteiger partial charge in [-0.05, 0) is 55.2 Å². The third-order valence-corrected chi connectivity index (χ3v) is 6.30. The predicted molar refractivity (Wildman–Crippen MR) is 98.6 cm³/mol. The average molecular weight is 408 g/mol. The fourth-order valence-corrected chi connectivity index (χ4v) is 4.65. The number of amides is 1. The molecule has 0 aromatic heterocycles. The van der Waals surface area contributed by atoms with Crippen molar-refractivity contribution in [3.05, 3.63) is 53.6 Å². The molecule has 4 rings (SSSR count). The third-order valence-electron chi connectivity index (χ3n) is 4.88. The summed E-state index contributed by atoms with van der Waals surface area (Å²) in [6.07, 6.45) is 1.71. The molecule has 2 heterocycles. The first-order valence-corrected chi connectivity index (χ1v) is 10.4. The Morgan fingerprint density at radius 2 is 2.00 bits per heavy atom. The Morgan fingerprint density at radius 3 is 2.71 bits per heavy atom. The first kappa shape index (κ1) is 18.8. The minimum Gasteiger partial charge on any atom is -0.368 e. The van der Waals surface area contributed by atoms with Crippen LogP contribution in [0.25, 0.3) is 0 Å². The predicted octanol–water partition coefficient (Wildman–Crippen LogP) is 2.83. The van der Waals surface area contributed by atoms with Gasteiger partial charge in [0.05, 0.1) is 0 Å². The first-order valence-electron chi connectivity index (χ1n) is 8.89. The number of benzene rings is 2. The highest BCUT2D eigenvalue weighted by Gasteiger charge is 2.33. The molecule has 148 valence electrons. The molecule has 9 heteroatoms. The first-order chi connectivity index (χ1) is 13.3. The molecule has 2 aromatic carbocycles. The lowest BCUT2D eigenvalue weighted by Crippen LogP contribution is -2.37. The summed E-state index contributed by atoms with van der Waals surface area (Å²) in [4.78, 5) is 13.6. The van der Waals surface area contributed by atoms with Crippen LogP contribution in [-0.2, 0) is 26.0 Å². The number of hydrogen-bond donors (Lipinski definition) is 1. The Morgan fingerprint density at radius 1 is 1.18 bits per heavy atom. The van der Waals surface area contributed by atoms with Gasteiger partial charge in [0.15, 0.2) is 0 Å². The van der Waals surface area contributed by atoms with Crippen LogP contribution < -0.4 is 9.62 Å². The van der Waals surface area contributed by atoms with Crippen molar-refractivity contribution in [3.63, 3.8) is 0 Å². The number of anilines is 2. The molecule has 2 aliphatic rings. The van der Waals surface area contributed by atoms with Crippen LogP contribution in [0.2, 0.25) is 0 Å². The van der Waals surface area contributed by atoms with E-state index in [2.05, 4.69) is 4.72 Å². The van der Waals surface area contributed by atoms with Gasteiger partial charge < -0.3 is 9.64 Å². The van der Waals surface area contributed by atoms with E-state index in [1.807, 2.05) is 0 Å². The van der Waals surface area contributed by atoms with Crippen LogP contribution in [-0.4, -0.2) is 33.6 Å². The van der Waals surface area contributed by atoms with Crippen LogP contribution in [0.3, 0.4) is 0 Å². The highest BCUT2D eigenvalue weighted by atomic mass is 32.2. The van der Waals surface area contributed by atoms with Gasteiger partial charge >= 0.3 is 0 Å². The monoisotopic (exact) mass is 408 g/mol. The molecule has 2 aliphatic heterocycles. The van der Waals surface area contributed by atoms with Gasteiger partial charge in [-0.1, -0.05) is 0 Å². The summed E-state index contributed by atoms with van der Waals surface area (Å²) in [5.41, 5.74) is 1.77. The lowest BCUT2D eigenvalue weighted by Gasteiger charge is -2.21. The molecular weight excluding hydrogens is 390 g/mol. The number of halogens is 2. The van der Waals surface area contributed by atoms with Crippen LogP contribution in [0.15, 0.2) is 41.3 Å². The van der Waals surface area contributed by atoms with Gasteiger partial charge in [-0.2, -0.15) is 0 Å². The molecule has 0 aliphatic carbocycles. The summed E-state index contributed by atoms with van der Waals surface area (Å²) in [5, 5.41) is 0. The zero-order valence-corrected chi connectivity index (χ0v) is 15.6. The topological polar surface area (TPSA) is 75.7 Å². The molecule has 1 N–H and O–H groups in total. The second-order valence-corrected chi connectivity index (χ2v) is 8.42. The van der Waals surface area contributed by atoms with Crippen LogP contribution >= 0.6 is 0 Å². The molecule has 0 radical (unpaired) electrons. The summed E-state index contributed by atoms with van der Waals surface area (Å²) in [6.45, 7) is 1.08. The van der Waals surface area contributed by atoms with E-state index >= 15 is 0 Å². The van der Waals surface area contributed by atoms with E-state index in [-0.39, 0.29) is 11.6 Å². The Balaban J connectivity index is 1.56. The number of fused-ring (bicyclic) bond motifs is 1. The highest BCUT2D eigenvalue weighted by molar-refractivity contribution is 7.92. The normalized spacial score (nSPS) is 18.9. The quantitative estimate of drug-likeness (QED) is 0.844. The standard InChI is InChI=1S/C19H18F2N2O4S/c20-13-3-6-18(15(21)11-13)28(25,26)22-14-4-5-16-12(10-14)7-8-23(16)19(24)17-2-1-9-27-17/h3-6,10-11,17,22H,1-2,7-9H2. The highest BCUT2D eigenvalue weighted by Crippen LogP contribution is 2.33. The van der Waals surface area contributed by atoms with Crippen molar-refractivity contribution >= 4 is 27.3 Å². The van der Waals surface area contributed by atoms with Gasteiger partial charge in [0.2, 0.25) is 0 Å². The number of sulfonamides is 1. The van der Waals surface area contributed by atoms with Gasteiger partial charge in [-0.25, -0.2) is 17.2 Å². The van der Waals surface area contributed by atoms with E-state index in [1.54, 1.807) is 17.0 Å². The van der Waals surface area contributed by atoms with Crippen molar-refractivity contribution in [2.75, 3.05) is 22.8 Å². The van der Waals surface area contributed by atoms with Crippen LogP contribution in [0, 0.1) is 11.6 Å². The summed E-state index contributed by atoms with van der Waals surface area (Å²) < 4.78 is 59.5. The van der Waals surface area contributed by atoms with E-state index < -0.39 is 32.7 Å². The maximum atomic E-state index is 13.8. The Labute approximate surface area is 161 Å². The zero-order valence-electron chi connectivity index (χ0n) is 14.8. The number of carbonyl (C=O) groups is 1.